The third-order valence-electron chi connectivity index (χ3n) is 2.17. The first-order valence-electron chi connectivity index (χ1n) is 5.64. The van der Waals surface area contributed by atoms with Crippen molar-refractivity contribution >= 4 is 21.9 Å². The lowest BCUT2D eigenvalue weighted by atomic mass is 10.3. The summed E-state index contributed by atoms with van der Waals surface area (Å²) in [4.78, 5) is 23.2. The lowest BCUT2D eigenvalue weighted by molar-refractivity contribution is -0.145. The molecule has 0 bridgehead atoms. The monoisotopic (exact) mass is 317 g/mol. The molecule has 6 heteroatoms. The van der Waals surface area contributed by atoms with E-state index in [1.807, 2.05) is 13.8 Å². The van der Waals surface area contributed by atoms with Gasteiger partial charge in [-0.1, -0.05) is 0 Å². The van der Waals surface area contributed by atoms with E-state index in [1.54, 1.807) is 12.3 Å². The highest BCUT2D eigenvalue weighted by atomic mass is 79.9. The summed E-state index contributed by atoms with van der Waals surface area (Å²) in [5.74, 6) is -0.450. The number of aromatic nitrogens is 1. The first-order valence-corrected chi connectivity index (χ1v) is 6.44. The molecule has 0 unspecified atom stereocenters. The molecule has 0 spiro atoms. The summed E-state index contributed by atoms with van der Waals surface area (Å²) >= 11 is 3.15. The third kappa shape index (κ3) is 4.62. The Kier molecular flexibility index (Phi) is 6.07. The Morgan fingerprint density at radius 1 is 1.44 bits per heavy atom. The molecule has 1 rings (SSSR count). The Morgan fingerprint density at radius 3 is 2.83 bits per heavy atom. The van der Waals surface area contributed by atoms with Crippen LogP contribution in [0.25, 0.3) is 0 Å². The van der Waals surface area contributed by atoms with Crippen LogP contribution >= 0.6 is 15.9 Å². The highest BCUT2D eigenvalue weighted by molar-refractivity contribution is 9.10. The summed E-state index contributed by atoms with van der Waals surface area (Å²) in [5.41, 5.74) is 0.644. The molecule has 0 saturated heterocycles. The van der Waals surface area contributed by atoms with Crippen LogP contribution < -0.4 is 5.56 Å². The van der Waals surface area contributed by atoms with Gasteiger partial charge in [0, 0.05) is 12.8 Å². The van der Waals surface area contributed by atoms with Crippen molar-refractivity contribution in [2.45, 2.75) is 20.4 Å². The molecular weight excluding hydrogens is 302 g/mol. The second kappa shape index (κ2) is 7.33. The first-order chi connectivity index (χ1) is 8.54. The average molecular weight is 318 g/mol. The molecule has 18 heavy (non-hydrogen) atoms. The highest BCUT2D eigenvalue weighted by Crippen LogP contribution is 2.05. The van der Waals surface area contributed by atoms with Crippen molar-refractivity contribution in [3.63, 3.8) is 0 Å². The SMILES string of the molecule is CCOCCOC(=O)Cn1cc(C)cc(Br)c1=O. The number of nitrogens with zero attached hydrogens (tertiary/aromatic N) is 1. The van der Waals surface area contributed by atoms with Gasteiger partial charge in [0.25, 0.3) is 5.56 Å². The minimum absolute atomic E-state index is 0.0920. The third-order valence-corrected chi connectivity index (χ3v) is 2.74. The molecule has 0 amide bonds. The fraction of sp³-hybridized carbons (Fsp3) is 0.500. The van der Waals surface area contributed by atoms with E-state index in [2.05, 4.69) is 15.9 Å². The molecule has 0 aromatic carbocycles. The van der Waals surface area contributed by atoms with Crippen LogP contribution in [0, 0.1) is 6.92 Å². The largest absolute Gasteiger partial charge is 0.462 e. The molecule has 0 aliphatic carbocycles. The van der Waals surface area contributed by atoms with E-state index in [1.165, 1.54) is 4.57 Å². The number of esters is 1. The zero-order chi connectivity index (χ0) is 13.5. The summed E-state index contributed by atoms with van der Waals surface area (Å²) in [6.07, 6.45) is 1.62. The van der Waals surface area contributed by atoms with Crippen molar-refractivity contribution in [1.29, 1.82) is 0 Å². The number of aryl methyl sites for hydroxylation is 1. The molecule has 1 aromatic heterocycles. The van der Waals surface area contributed by atoms with E-state index in [0.717, 1.165) is 5.56 Å². The summed E-state index contributed by atoms with van der Waals surface area (Å²) in [5, 5.41) is 0. The van der Waals surface area contributed by atoms with Crippen LogP contribution in [0.15, 0.2) is 21.5 Å². The van der Waals surface area contributed by atoms with Gasteiger partial charge in [-0.2, -0.15) is 0 Å². The maximum Gasteiger partial charge on any atom is 0.326 e. The number of carbonyl (C=O) groups is 1. The van der Waals surface area contributed by atoms with E-state index in [0.29, 0.717) is 17.7 Å². The zero-order valence-corrected chi connectivity index (χ0v) is 12.0. The van der Waals surface area contributed by atoms with Crippen LogP contribution in [0.2, 0.25) is 0 Å². The van der Waals surface area contributed by atoms with Gasteiger partial charge in [-0.25, -0.2) is 0 Å². The van der Waals surface area contributed by atoms with Gasteiger partial charge in [-0.05, 0) is 41.4 Å². The number of pyridine rings is 1. The Balaban J connectivity index is 2.57. The number of ether oxygens (including phenoxy) is 2. The molecule has 0 radical (unpaired) electrons. The van der Waals surface area contributed by atoms with Crippen molar-refractivity contribution in [3.05, 3.63) is 32.7 Å². The molecule has 0 N–H and O–H groups in total. The molecule has 0 fully saturated rings. The minimum atomic E-state index is -0.450. The van der Waals surface area contributed by atoms with Gasteiger partial charge in [0.15, 0.2) is 0 Å². The smallest absolute Gasteiger partial charge is 0.326 e. The van der Waals surface area contributed by atoms with Gasteiger partial charge < -0.3 is 14.0 Å². The zero-order valence-electron chi connectivity index (χ0n) is 10.4. The topological polar surface area (TPSA) is 57.5 Å². The average Bonchev–Trinajstić information content (AvgIpc) is 2.31. The van der Waals surface area contributed by atoms with Gasteiger partial charge in [-0.15, -0.1) is 0 Å². The second-order valence-corrected chi connectivity index (χ2v) is 4.57. The molecule has 0 aliphatic heterocycles. The number of hydrogen-bond acceptors (Lipinski definition) is 4. The maximum absolute atomic E-state index is 11.7. The summed E-state index contributed by atoms with van der Waals surface area (Å²) in [6, 6.07) is 1.71. The van der Waals surface area contributed by atoms with Crippen molar-refractivity contribution in [1.82, 2.24) is 4.57 Å². The van der Waals surface area contributed by atoms with Crippen LogP contribution in [-0.2, 0) is 20.8 Å². The van der Waals surface area contributed by atoms with E-state index in [-0.39, 0.29) is 18.7 Å². The molecule has 100 valence electrons. The van der Waals surface area contributed by atoms with E-state index >= 15 is 0 Å². The van der Waals surface area contributed by atoms with Gasteiger partial charge >= 0.3 is 5.97 Å². The Hall–Kier alpha value is -1.14. The normalized spacial score (nSPS) is 10.4. The fourth-order valence-corrected chi connectivity index (χ4v) is 1.99. The van der Waals surface area contributed by atoms with Gasteiger partial charge in [-0.3, -0.25) is 9.59 Å². The fourth-order valence-electron chi connectivity index (χ4n) is 1.40. The van der Waals surface area contributed by atoms with E-state index in [4.69, 9.17) is 9.47 Å². The quantitative estimate of drug-likeness (QED) is 0.589. The standard InChI is InChI=1S/C12H16BrNO4/c1-3-17-4-5-18-11(15)8-14-7-9(2)6-10(13)12(14)16/h6-7H,3-5,8H2,1-2H3. The summed E-state index contributed by atoms with van der Waals surface area (Å²) in [7, 11) is 0. The van der Waals surface area contributed by atoms with Crippen LogP contribution in [0.4, 0.5) is 0 Å². The van der Waals surface area contributed by atoms with Crippen LogP contribution in [0.3, 0.4) is 0 Å². The highest BCUT2D eigenvalue weighted by Gasteiger charge is 2.08. The Bertz CT molecular complexity index is 470. The van der Waals surface area contributed by atoms with Gasteiger partial charge in [0.2, 0.25) is 0 Å². The summed E-state index contributed by atoms with van der Waals surface area (Å²) in [6.45, 7) is 4.78. The molecular formula is C12H16BrNO4. The molecule has 5 nitrogen and oxygen atoms in total. The number of hydrogen-bond donors (Lipinski definition) is 0. The Morgan fingerprint density at radius 2 is 2.17 bits per heavy atom. The molecule has 0 atom stereocenters. The van der Waals surface area contributed by atoms with Crippen molar-refractivity contribution in [2.24, 2.45) is 0 Å². The predicted molar refractivity (Wildman–Crippen MR) is 70.6 cm³/mol. The molecule has 0 aliphatic rings. The first kappa shape index (κ1) is 14.9. The van der Waals surface area contributed by atoms with Crippen LogP contribution in [-0.4, -0.2) is 30.4 Å². The van der Waals surface area contributed by atoms with Crippen LogP contribution in [0.1, 0.15) is 12.5 Å². The van der Waals surface area contributed by atoms with Crippen LogP contribution in [0.5, 0.6) is 0 Å². The van der Waals surface area contributed by atoms with E-state index < -0.39 is 5.97 Å². The van der Waals surface area contributed by atoms with E-state index in [9.17, 15) is 9.59 Å². The maximum atomic E-state index is 11.7. The lowest BCUT2D eigenvalue weighted by Gasteiger charge is -2.08. The van der Waals surface area contributed by atoms with Gasteiger partial charge in [0.05, 0.1) is 11.1 Å². The second-order valence-electron chi connectivity index (χ2n) is 3.72. The molecule has 1 aromatic rings. The predicted octanol–water partition coefficient (Wildman–Crippen LogP) is 1.50. The van der Waals surface area contributed by atoms with Gasteiger partial charge in [0.1, 0.15) is 13.2 Å². The van der Waals surface area contributed by atoms with Crippen molar-refractivity contribution < 1.29 is 14.3 Å². The minimum Gasteiger partial charge on any atom is -0.462 e. The lowest BCUT2D eigenvalue weighted by Crippen LogP contribution is -2.26. The number of rotatable bonds is 6. The van der Waals surface area contributed by atoms with Crippen molar-refractivity contribution in [2.75, 3.05) is 19.8 Å². The van der Waals surface area contributed by atoms with Crippen molar-refractivity contribution in [3.8, 4) is 0 Å². The molecule has 0 saturated carbocycles. The Labute approximate surface area is 114 Å². The summed E-state index contributed by atoms with van der Waals surface area (Å²) < 4.78 is 11.7. The number of carbonyl (C=O) groups excluding carboxylic acids is 1. The molecule has 1 heterocycles. The number of halogens is 1.